The van der Waals surface area contributed by atoms with Crippen molar-refractivity contribution in [3.05, 3.63) is 64.1 Å². The lowest BCUT2D eigenvalue weighted by Crippen LogP contribution is -2.08. The summed E-state index contributed by atoms with van der Waals surface area (Å²) in [6.45, 7) is 1.91. The van der Waals surface area contributed by atoms with Crippen LogP contribution in [0.3, 0.4) is 0 Å². The topological polar surface area (TPSA) is 12.0 Å². The summed E-state index contributed by atoms with van der Waals surface area (Å²) in [6, 6.07) is 12.8. The largest absolute Gasteiger partial charge is 0.416 e. The Bertz CT molecular complexity index is 578. The molecule has 0 saturated carbocycles. The molecule has 0 bridgehead atoms. The molecule has 20 heavy (non-hydrogen) atoms. The van der Waals surface area contributed by atoms with E-state index in [-0.39, 0.29) is 6.04 Å². The van der Waals surface area contributed by atoms with Crippen molar-refractivity contribution in [3.8, 4) is 0 Å². The van der Waals surface area contributed by atoms with Crippen molar-refractivity contribution >= 4 is 21.6 Å². The van der Waals surface area contributed by atoms with E-state index in [1.807, 2.05) is 31.2 Å². The lowest BCUT2D eigenvalue weighted by Gasteiger charge is -2.17. The van der Waals surface area contributed by atoms with Gasteiger partial charge in [0.1, 0.15) is 0 Å². The van der Waals surface area contributed by atoms with Gasteiger partial charge < -0.3 is 5.32 Å². The van der Waals surface area contributed by atoms with Gasteiger partial charge in [-0.15, -0.1) is 0 Å². The number of rotatable bonds is 3. The molecule has 0 aliphatic heterocycles. The lowest BCUT2D eigenvalue weighted by atomic mass is 10.1. The Morgan fingerprint density at radius 1 is 1.05 bits per heavy atom. The maximum atomic E-state index is 12.5. The number of hydrogen-bond acceptors (Lipinski definition) is 1. The molecule has 0 aromatic heterocycles. The van der Waals surface area contributed by atoms with Gasteiger partial charge in [0.2, 0.25) is 0 Å². The Balaban J connectivity index is 2.11. The molecule has 2 rings (SSSR count). The maximum absolute atomic E-state index is 12.5. The van der Waals surface area contributed by atoms with Crippen LogP contribution in [-0.4, -0.2) is 0 Å². The average Bonchev–Trinajstić information content (AvgIpc) is 2.38. The summed E-state index contributed by atoms with van der Waals surface area (Å²) in [4.78, 5) is 0. The van der Waals surface area contributed by atoms with Gasteiger partial charge in [-0.2, -0.15) is 13.2 Å². The van der Waals surface area contributed by atoms with Crippen LogP contribution in [0.4, 0.5) is 18.9 Å². The minimum atomic E-state index is -4.29. The third-order valence-corrected chi connectivity index (χ3v) is 3.44. The van der Waals surface area contributed by atoms with Crippen molar-refractivity contribution in [3.63, 3.8) is 0 Å². The minimum Gasteiger partial charge on any atom is -0.378 e. The van der Waals surface area contributed by atoms with Crippen LogP contribution in [0.5, 0.6) is 0 Å². The third kappa shape index (κ3) is 3.76. The maximum Gasteiger partial charge on any atom is 0.416 e. The summed E-state index contributed by atoms with van der Waals surface area (Å²) in [5, 5.41) is 3.25. The predicted molar refractivity (Wildman–Crippen MR) is 77.6 cm³/mol. The minimum absolute atomic E-state index is 0.0772. The van der Waals surface area contributed by atoms with Crippen LogP contribution >= 0.6 is 15.9 Å². The molecule has 106 valence electrons. The van der Waals surface area contributed by atoms with E-state index in [9.17, 15) is 13.2 Å². The Hall–Kier alpha value is -1.49. The molecule has 0 aliphatic carbocycles. The first-order valence-corrected chi connectivity index (χ1v) is 6.85. The Labute approximate surface area is 123 Å². The van der Waals surface area contributed by atoms with Crippen molar-refractivity contribution in [2.75, 3.05) is 5.32 Å². The first kappa shape index (κ1) is 14.9. The molecule has 2 aromatic rings. The molecule has 0 aliphatic rings. The fourth-order valence-corrected chi connectivity index (χ4v) is 2.27. The third-order valence-electron chi connectivity index (χ3n) is 2.95. The zero-order chi connectivity index (χ0) is 14.8. The molecule has 1 atom stereocenters. The van der Waals surface area contributed by atoms with E-state index in [2.05, 4.69) is 21.2 Å². The van der Waals surface area contributed by atoms with E-state index in [4.69, 9.17) is 0 Å². The molecular weight excluding hydrogens is 331 g/mol. The fraction of sp³-hybridized carbons (Fsp3) is 0.200. The van der Waals surface area contributed by atoms with E-state index in [1.54, 1.807) is 0 Å². The van der Waals surface area contributed by atoms with Crippen LogP contribution < -0.4 is 5.32 Å². The Morgan fingerprint density at radius 2 is 1.70 bits per heavy atom. The Morgan fingerprint density at radius 3 is 2.25 bits per heavy atom. The number of alkyl halides is 3. The first-order chi connectivity index (χ1) is 9.36. The second-order valence-corrected chi connectivity index (χ2v) is 5.41. The van der Waals surface area contributed by atoms with Gasteiger partial charge in [0, 0.05) is 16.2 Å². The summed E-state index contributed by atoms with van der Waals surface area (Å²) in [6.07, 6.45) is -4.29. The normalized spacial score (nSPS) is 13.1. The molecule has 2 aromatic carbocycles. The van der Waals surface area contributed by atoms with Crippen molar-refractivity contribution in [1.82, 2.24) is 0 Å². The van der Waals surface area contributed by atoms with E-state index in [0.29, 0.717) is 0 Å². The quantitative estimate of drug-likeness (QED) is 0.760. The SMILES string of the molecule is CC(Nc1cccc(Br)c1)c1ccc(C(F)(F)F)cc1. The molecule has 5 heteroatoms. The zero-order valence-corrected chi connectivity index (χ0v) is 12.3. The number of hydrogen-bond donors (Lipinski definition) is 1. The zero-order valence-electron chi connectivity index (χ0n) is 10.7. The van der Waals surface area contributed by atoms with Crippen molar-refractivity contribution < 1.29 is 13.2 Å². The molecule has 0 spiro atoms. The van der Waals surface area contributed by atoms with Crippen molar-refractivity contribution in [1.29, 1.82) is 0 Å². The summed E-state index contributed by atoms with van der Waals surface area (Å²) >= 11 is 3.37. The summed E-state index contributed by atoms with van der Waals surface area (Å²) in [5.74, 6) is 0. The monoisotopic (exact) mass is 343 g/mol. The standard InChI is InChI=1S/C15H13BrF3N/c1-10(20-14-4-2-3-13(16)9-14)11-5-7-12(8-6-11)15(17,18)19/h2-10,20H,1H3. The van der Waals surface area contributed by atoms with E-state index < -0.39 is 11.7 Å². The van der Waals surface area contributed by atoms with Crippen LogP contribution in [-0.2, 0) is 6.18 Å². The number of anilines is 1. The van der Waals surface area contributed by atoms with Gasteiger partial charge in [0.25, 0.3) is 0 Å². The molecule has 0 fully saturated rings. The van der Waals surface area contributed by atoms with E-state index >= 15 is 0 Å². The van der Waals surface area contributed by atoms with Crippen molar-refractivity contribution in [2.24, 2.45) is 0 Å². The van der Waals surface area contributed by atoms with Gasteiger partial charge in [0.15, 0.2) is 0 Å². The predicted octanol–water partition coefficient (Wildman–Crippen LogP) is 5.64. The summed E-state index contributed by atoms with van der Waals surface area (Å²) in [5.41, 5.74) is 1.08. The van der Waals surface area contributed by atoms with E-state index in [0.717, 1.165) is 27.9 Å². The van der Waals surface area contributed by atoms with Gasteiger partial charge in [-0.05, 0) is 42.8 Å². The molecule has 1 unspecified atom stereocenters. The summed E-state index contributed by atoms with van der Waals surface area (Å²) < 4.78 is 38.4. The number of nitrogens with one attached hydrogen (secondary N) is 1. The average molecular weight is 344 g/mol. The van der Waals surface area contributed by atoms with Crippen LogP contribution in [0.25, 0.3) is 0 Å². The molecule has 0 saturated heterocycles. The fourth-order valence-electron chi connectivity index (χ4n) is 1.87. The van der Waals surface area contributed by atoms with Crippen LogP contribution in [0.1, 0.15) is 24.1 Å². The molecule has 1 nitrogen and oxygen atoms in total. The van der Waals surface area contributed by atoms with Crippen LogP contribution in [0.2, 0.25) is 0 Å². The van der Waals surface area contributed by atoms with Gasteiger partial charge in [-0.25, -0.2) is 0 Å². The van der Waals surface area contributed by atoms with Crippen LogP contribution in [0.15, 0.2) is 53.0 Å². The van der Waals surface area contributed by atoms with Crippen LogP contribution in [0, 0.1) is 0 Å². The second-order valence-electron chi connectivity index (χ2n) is 4.50. The van der Waals surface area contributed by atoms with Crippen molar-refractivity contribution in [2.45, 2.75) is 19.1 Å². The number of halogens is 4. The van der Waals surface area contributed by atoms with E-state index in [1.165, 1.54) is 12.1 Å². The summed E-state index contributed by atoms with van der Waals surface area (Å²) in [7, 11) is 0. The second kappa shape index (κ2) is 5.87. The van der Waals surface area contributed by atoms with Gasteiger partial charge >= 0.3 is 6.18 Å². The molecule has 0 amide bonds. The van der Waals surface area contributed by atoms with Gasteiger partial charge in [-0.3, -0.25) is 0 Å². The molecule has 0 radical (unpaired) electrons. The van der Waals surface area contributed by atoms with Gasteiger partial charge in [-0.1, -0.05) is 34.1 Å². The first-order valence-electron chi connectivity index (χ1n) is 6.05. The molecule has 0 heterocycles. The highest BCUT2D eigenvalue weighted by molar-refractivity contribution is 9.10. The van der Waals surface area contributed by atoms with Gasteiger partial charge in [0.05, 0.1) is 5.56 Å². The highest BCUT2D eigenvalue weighted by Crippen LogP contribution is 2.30. The molecule has 1 N–H and O–H groups in total. The Kier molecular flexibility index (Phi) is 4.38. The lowest BCUT2D eigenvalue weighted by molar-refractivity contribution is -0.137. The highest BCUT2D eigenvalue weighted by Gasteiger charge is 2.30. The number of benzene rings is 2. The smallest absolute Gasteiger partial charge is 0.378 e. The highest BCUT2D eigenvalue weighted by atomic mass is 79.9. The molecular formula is C15H13BrF3N.